The van der Waals surface area contributed by atoms with Gasteiger partial charge in [-0.3, -0.25) is 0 Å². The van der Waals surface area contributed by atoms with Gasteiger partial charge in [-0.1, -0.05) is 21.9 Å². The third-order valence-corrected chi connectivity index (χ3v) is 3.21. The highest BCUT2D eigenvalue weighted by Gasteiger charge is 2.01. The predicted octanol–water partition coefficient (Wildman–Crippen LogP) is 3.10. The fourth-order valence-corrected chi connectivity index (χ4v) is 2.02. The van der Waals surface area contributed by atoms with E-state index in [2.05, 4.69) is 33.2 Å². The molecule has 0 amide bonds. The maximum Gasteiger partial charge on any atom is 0.101 e. The SMILES string of the molecule is C#CCSCCNc1ccc(Br)cc1C#N. The summed E-state index contributed by atoms with van der Waals surface area (Å²) in [5, 5.41) is 12.2. The quantitative estimate of drug-likeness (QED) is 0.670. The van der Waals surface area contributed by atoms with E-state index < -0.39 is 0 Å². The molecule has 0 heterocycles. The Kier molecular flexibility index (Phi) is 5.85. The Morgan fingerprint density at radius 1 is 1.50 bits per heavy atom. The lowest BCUT2D eigenvalue weighted by Crippen LogP contribution is -2.05. The van der Waals surface area contributed by atoms with Crippen molar-refractivity contribution in [2.24, 2.45) is 0 Å². The average molecular weight is 295 g/mol. The van der Waals surface area contributed by atoms with Crippen LogP contribution in [0.2, 0.25) is 0 Å². The van der Waals surface area contributed by atoms with Crippen LogP contribution in [-0.2, 0) is 0 Å². The minimum Gasteiger partial charge on any atom is -0.383 e. The van der Waals surface area contributed by atoms with Gasteiger partial charge < -0.3 is 5.32 Å². The number of anilines is 1. The number of halogens is 1. The zero-order valence-corrected chi connectivity index (χ0v) is 11.1. The van der Waals surface area contributed by atoms with Crippen LogP contribution in [-0.4, -0.2) is 18.1 Å². The van der Waals surface area contributed by atoms with Gasteiger partial charge in [0.2, 0.25) is 0 Å². The largest absolute Gasteiger partial charge is 0.383 e. The number of nitrogens with zero attached hydrogens (tertiary/aromatic N) is 1. The fourth-order valence-electron chi connectivity index (χ4n) is 1.15. The molecule has 0 atom stereocenters. The van der Waals surface area contributed by atoms with Crippen LogP contribution in [0.4, 0.5) is 5.69 Å². The maximum atomic E-state index is 8.94. The van der Waals surface area contributed by atoms with Gasteiger partial charge in [0.1, 0.15) is 6.07 Å². The highest BCUT2D eigenvalue weighted by Crippen LogP contribution is 2.20. The van der Waals surface area contributed by atoms with Crippen LogP contribution in [0.15, 0.2) is 22.7 Å². The molecule has 1 rings (SSSR count). The van der Waals surface area contributed by atoms with Gasteiger partial charge in [0.05, 0.1) is 17.0 Å². The Hall–Kier alpha value is -1.10. The summed E-state index contributed by atoms with van der Waals surface area (Å²) in [4.78, 5) is 0. The molecule has 82 valence electrons. The number of rotatable bonds is 5. The van der Waals surface area contributed by atoms with E-state index in [1.165, 1.54) is 0 Å². The summed E-state index contributed by atoms with van der Waals surface area (Å²) in [6.45, 7) is 0.808. The summed E-state index contributed by atoms with van der Waals surface area (Å²) >= 11 is 5.03. The molecule has 0 fully saturated rings. The van der Waals surface area contributed by atoms with Gasteiger partial charge in [0.15, 0.2) is 0 Å². The first-order valence-corrected chi connectivity index (χ1v) is 6.67. The predicted molar refractivity (Wildman–Crippen MR) is 73.5 cm³/mol. The smallest absolute Gasteiger partial charge is 0.101 e. The van der Waals surface area contributed by atoms with Crippen LogP contribution < -0.4 is 5.32 Å². The van der Waals surface area contributed by atoms with Gasteiger partial charge in [-0.05, 0) is 18.2 Å². The summed E-state index contributed by atoms with van der Waals surface area (Å²) in [6.07, 6.45) is 5.14. The third kappa shape index (κ3) is 4.18. The molecule has 1 N–H and O–H groups in total. The van der Waals surface area contributed by atoms with Crippen molar-refractivity contribution < 1.29 is 0 Å². The molecule has 0 spiro atoms. The van der Waals surface area contributed by atoms with Gasteiger partial charge in [0, 0.05) is 16.8 Å². The molecule has 2 nitrogen and oxygen atoms in total. The lowest BCUT2D eigenvalue weighted by atomic mass is 10.2. The van der Waals surface area contributed by atoms with Crippen molar-refractivity contribution in [1.29, 1.82) is 5.26 Å². The topological polar surface area (TPSA) is 35.8 Å². The second-order valence-corrected chi connectivity index (χ2v) is 5.01. The van der Waals surface area contributed by atoms with Crippen LogP contribution in [0, 0.1) is 23.7 Å². The third-order valence-electron chi connectivity index (χ3n) is 1.85. The van der Waals surface area contributed by atoms with Gasteiger partial charge in [-0.25, -0.2) is 0 Å². The van der Waals surface area contributed by atoms with E-state index in [0.717, 1.165) is 28.2 Å². The molecule has 1 aromatic carbocycles. The monoisotopic (exact) mass is 294 g/mol. The minimum atomic E-state index is 0.649. The number of terminal acetylenes is 1. The Morgan fingerprint density at radius 2 is 2.31 bits per heavy atom. The molecule has 0 saturated carbocycles. The first kappa shape index (κ1) is 13.0. The van der Waals surface area contributed by atoms with Crippen LogP contribution in [0.1, 0.15) is 5.56 Å². The first-order chi connectivity index (χ1) is 7.77. The molecule has 16 heavy (non-hydrogen) atoms. The Bertz CT molecular complexity index is 432. The Morgan fingerprint density at radius 3 is 3.00 bits per heavy atom. The number of thioether (sulfide) groups is 1. The summed E-state index contributed by atoms with van der Waals surface area (Å²) < 4.78 is 0.913. The number of hydrogen-bond donors (Lipinski definition) is 1. The molecule has 0 aliphatic rings. The molecule has 1 aromatic rings. The molecule has 0 aliphatic carbocycles. The van der Waals surface area contributed by atoms with E-state index in [9.17, 15) is 0 Å². The summed E-state index contributed by atoms with van der Waals surface area (Å²) in [5.41, 5.74) is 1.52. The molecular formula is C12H11BrN2S. The second-order valence-electron chi connectivity index (χ2n) is 2.99. The highest BCUT2D eigenvalue weighted by atomic mass is 79.9. The summed E-state index contributed by atoms with van der Waals surface area (Å²) in [7, 11) is 0. The molecule has 0 bridgehead atoms. The highest BCUT2D eigenvalue weighted by molar-refractivity contribution is 9.10. The molecule has 0 saturated heterocycles. The number of benzene rings is 1. The first-order valence-electron chi connectivity index (χ1n) is 4.72. The zero-order chi connectivity index (χ0) is 11.8. The van der Waals surface area contributed by atoms with Crippen molar-refractivity contribution in [2.45, 2.75) is 0 Å². The average Bonchev–Trinajstić information content (AvgIpc) is 2.30. The summed E-state index contributed by atoms with van der Waals surface area (Å²) in [6, 6.07) is 7.77. The molecule has 0 radical (unpaired) electrons. The molecule has 0 aromatic heterocycles. The molecule has 0 aliphatic heterocycles. The zero-order valence-electron chi connectivity index (χ0n) is 8.66. The van der Waals surface area contributed by atoms with Crippen molar-refractivity contribution in [3.63, 3.8) is 0 Å². The maximum absolute atomic E-state index is 8.94. The van der Waals surface area contributed by atoms with Crippen molar-refractivity contribution in [1.82, 2.24) is 0 Å². The standard InChI is InChI=1S/C12H11BrN2S/c1-2-6-16-7-5-15-12-4-3-11(13)8-10(12)9-14/h1,3-4,8,15H,5-7H2. The summed E-state index contributed by atoms with van der Waals surface area (Å²) in [5.74, 6) is 4.24. The van der Waals surface area contributed by atoms with Crippen LogP contribution in [0.5, 0.6) is 0 Å². The van der Waals surface area contributed by atoms with Gasteiger partial charge in [-0.2, -0.15) is 5.26 Å². The van der Waals surface area contributed by atoms with E-state index in [0.29, 0.717) is 5.56 Å². The Labute approximate surface area is 109 Å². The van der Waals surface area contributed by atoms with Gasteiger partial charge in [-0.15, -0.1) is 18.2 Å². The van der Waals surface area contributed by atoms with E-state index in [4.69, 9.17) is 11.7 Å². The normalized spacial score (nSPS) is 9.19. The van der Waals surface area contributed by atoms with Crippen molar-refractivity contribution in [3.8, 4) is 18.4 Å². The Balaban J connectivity index is 2.48. The van der Waals surface area contributed by atoms with Crippen LogP contribution >= 0.6 is 27.7 Å². The van der Waals surface area contributed by atoms with Gasteiger partial charge in [0.25, 0.3) is 0 Å². The van der Waals surface area contributed by atoms with Crippen LogP contribution in [0.3, 0.4) is 0 Å². The minimum absolute atomic E-state index is 0.649. The second kappa shape index (κ2) is 7.22. The van der Waals surface area contributed by atoms with E-state index in [1.807, 2.05) is 12.1 Å². The van der Waals surface area contributed by atoms with E-state index >= 15 is 0 Å². The lowest BCUT2D eigenvalue weighted by molar-refractivity contribution is 1.22. The van der Waals surface area contributed by atoms with E-state index in [1.54, 1.807) is 17.8 Å². The van der Waals surface area contributed by atoms with Crippen molar-refractivity contribution in [3.05, 3.63) is 28.2 Å². The molecule has 0 unspecified atom stereocenters. The van der Waals surface area contributed by atoms with Gasteiger partial charge >= 0.3 is 0 Å². The lowest BCUT2D eigenvalue weighted by Gasteiger charge is -2.07. The fraction of sp³-hybridized carbons (Fsp3) is 0.250. The number of nitriles is 1. The number of nitrogens with one attached hydrogen (secondary N) is 1. The van der Waals surface area contributed by atoms with Crippen molar-refractivity contribution >= 4 is 33.4 Å². The van der Waals surface area contributed by atoms with Crippen molar-refractivity contribution in [2.75, 3.05) is 23.4 Å². The number of hydrogen-bond acceptors (Lipinski definition) is 3. The molecule has 4 heteroatoms. The van der Waals surface area contributed by atoms with Crippen LogP contribution in [0.25, 0.3) is 0 Å². The molecular weight excluding hydrogens is 284 g/mol. The van der Waals surface area contributed by atoms with E-state index in [-0.39, 0.29) is 0 Å².